The van der Waals surface area contributed by atoms with Gasteiger partial charge in [-0.15, -0.1) is 0 Å². The Kier molecular flexibility index (Phi) is 5.91. The van der Waals surface area contributed by atoms with Crippen molar-refractivity contribution in [2.75, 3.05) is 20.2 Å². The van der Waals surface area contributed by atoms with Crippen molar-refractivity contribution in [1.82, 2.24) is 4.90 Å². The summed E-state index contributed by atoms with van der Waals surface area (Å²) in [6, 6.07) is 9.83. The average Bonchev–Trinajstić information content (AvgIpc) is 2.42. The van der Waals surface area contributed by atoms with Gasteiger partial charge in [0.15, 0.2) is 0 Å². The summed E-state index contributed by atoms with van der Waals surface area (Å²) < 4.78 is 4.56. The van der Waals surface area contributed by atoms with Gasteiger partial charge in [-0.3, -0.25) is 9.59 Å². The summed E-state index contributed by atoms with van der Waals surface area (Å²) in [5.41, 5.74) is 1.12. The number of carbonyl (C=O) groups excluding carboxylic acids is 2. The molecule has 4 heteroatoms. The lowest BCUT2D eigenvalue weighted by Crippen LogP contribution is -2.36. The fourth-order valence-corrected chi connectivity index (χ4v) is 1.65. The minimum Gasteiger partial charge on any atom is -0.468 e. The van der Waals surface area contributed by atoms with Gasteiger partial charge in [0.05, 0.1) is 7.11 Å². The molecule has 1 aromatic carbocycles. The molecule has 1 aromatic rings. The second-order valence-electron chi connectivity index (χ2n) is 3.97. The number of amides is 1. The maximum absolute atomic E-state index is 11.9. The normalized spacial score (nSPS) is 9.89. The molecule has 0 spiro atoms. The van der Waals surface area contributed by atoms with Crippen molar-refractivity contribution in [3.05, 3.63) is 35.9 Å². The van der Waals surface area contributed by atoms with Gasteiger partial charge in [0.2, 0.25) is 5.91 Å². The molecular formula is C14H19NO3. The minimum atomic E-state index is -0.384. The number of esters is 1. The highest BCUT2D eigenvalue weighted by atomic mass is 16.5. The quantitative estimate of drug-likeness (QED) is 0.720. The average molecular weight is 249 g/mol. The predicted octanol–water partition coefficient (Wildman–Crippen LogP) is 1.64. The van der Waals surface area contributed by atoms with Gasteiger partial charge in [-0.2, -0.15) is 0 Å². The van der Waals surface area contributed by atoms with Crippen molar-refractivity contribution < 1.29 is 14.3 Å². The molecule has 0 N–H and O–H groups in total. The van der Waals surface area contributed by atoms with E-state index in [0.29, 0.717) is 19.4 Å². The van der Waals surface area contributed by atoms with E-state index >= 15 is 0 Å². The van der Waals surface area contributed by atoms with Crippen LogP contribution in [-0.4, -0.2) is 37.0 Å². The lowest BCUT2D eigenvalue weighted by molar-refractivity contribution is -0.146. The summed E-state index contributed by atoms with van der Waals surface area (Å²) in [5.74, 6) is -0.406. The van der Waals surface area contributed by atoms with Crippen LogP contribution in [0.15, 0.2) is 30.3 Å². The summed E-state index contributed by atoms with van der Waals surface area (Å²) in [6.07, 6.45) is 1.10. The van der Waals surface area contributed by atoms with E-state index in [4.69, 9.17) is 0 Å². The van der Waals surface area contributed by atoms with E-state index in [9.17, 15) is 9.59 Å². The van der Waals surface area contributed by atoms with Crippen molar-refractivity contribution in [3.8, 4) is 0 Å². The lowest BCUT2D eigenvalue weighted by atomic mass is 10.1. The topological polar surface area (TPSA) is 46.6 Å². The molecule has 0 aliphatic rings. The van der Waals surface area contributed by atoms with E-state index in [1.807, 2.05) is 37.3 Å². The first kappa shape index (κ1) is 14.2. The lowest BCUT2D eigenvalue weighted by Gasteiger charge is -2.19. The molecule has 18 heavy (non-hydrogen) atoms. The van der Waals surface area contributed by atoms with Crippen LogP contribution in [0, 0.1) is 0 Å². The van der Waals surface area contributed by atoms with Gasteiger partial charge in [-0.05, 0) is 18.9 Å². The van der Waals surface area contributed by atoms with Gasteiger partial charge < -0.3 is 9.64 Å². The number of carbonyl (C=O) groups is 2. The van der Waals surface area contributed by atoms with Gasteiger partial charge in [0.1, 0.15) is 6.54 Å². The summed E-state index contributed by atoms with van der Waals surface area (Å²) in [7, 11) is 1.32. The first-order valence-corrected chi connectivity index (χ1v) is 6.06. The first-order valence-electron chi connectivity index (χ1n) is 6.06. The van der Waals surface area contributed by atoms with Crippen molar-refractivity contribution in [2.45, 2.75) is 19.8 Å². The van der Waals surface area contributed by atoms with E-state index in [-0.39, 0.29) is 18.4 Å². The molecule has 0 heterocycles. The molecule has 0 aliphatic carbocycles. The molecule has 98 valence electrons. The Morgan fingerprint density at radius 3 is 2.44 bits per heavy atom. The van der Waals surface area contributed by atoms with Crippen LogP contribution in [0.4, 0.5) is 0 Å². The van der Waals surface area contributed by atoms with Gasteiger partial charge in [-0.1, -0.05) is 30.3 Å². The summed E-state index contributed by atoms with van der Waals surface area (Å²) in [5, 5.41) is 0. The third-order valence-corrected chi connectivity index (χ3v) is 2.75. The third-order valence-electron chi connectivity index (χ3n) is 2.75. The van der Waals surface area contributed by atoms with Crippen LogP contribution in [0.25, 0.3) is 0 Å². The van der Waals surface area contributed by atoms with Crippen molar-refractivity contribution >= 4 is 11.9 Å². The van der Waals surface area contributed by atoms with E-state index in [0.717, 1.165) is 5.56 Å². The third kappa shape index (κ3) is 4.57. The number of likely N-dealkylation sites (N-methyl/N-ethyl adjacent to an activating group) is 1. The maximum Gasteiger partial charge on any atom is 0.325 e. The largest absolute Gasteiger partial charge is 0.468 e. The molecule has 1 amide bonds. The monoisotopic (exact) mass is 249 g/mol. The molecule has 0 unspecified atom stereocenters. The van der Waals surface area contributed by atoms with Gasteiger partial charge in [0.25, 0.3) is 0 Å². The Labute approximate surface area is 108 Å². The highest BCUT2D eigenvalue weighted by Crippen LogP contribution is 2.05. The fraction of sp³-hybridized carbons (Fsp3) is 0.429. The zero-order valence-corrected chi connectivity index (χ0v) is 10.9. The van der Waals surface area contributed by atoms with Crippen LogP contribution in [0.2, 0.25) is 0 Å². The summed E-state index contributed by atoms with van der Waals surface area (Å²) >= 11 is 0. The Balaban J connectivity index is 2.45. The zero-order chi connectivity index (χ0) is 13.4. The molecule has 1 rings (SSSR count). The van der Waals surface area contributed by atoms with Crippen LogP contribution < -0.4 is 0 Å². The highest BCUT2D eigenvalue weighted by Gasteiger charge is 2.15. The molecule has 0 atom stereocenters. The molecular weight excluding hydrogens is 230 g/mol. The Hall–Kier alpha value is -1.84. The van der Waals surface area contributed by atoms with Crippen LogP contribution in [0.5, 0.6) is 0 Å². The number of rotatable bonds is 6. The van der Waals surface area contributed by atoms with E-state index < -0.39 is 0 Å². The number of aryl methyl sites for hydroxylation is 1. The fourth-order valence-electron chi connectivity index (χ4n) is 1.65. The van der Waals surface area contributed by atoms with Crippen molar-refractivity contribution in [2.24, 2.45) is 0 Å². The number of nitrogens with zero attached hydrogens (tertiary/aromatic N) is 1. The van der Waals surface area contributed by atoms with Gasteiger partial charge in [-0.25, -0.2) is 0 Å². The molecule has 0 aliphatic heterocycles. The standard InChI is InChI=1S/C14H19NO3/c1-3-15(11-14(17)18-2)13(16)10-9-12-7-5-4-6-8-12/h4-8H,3,9-11H2,1-2H3. The molecule has 0 aromatic heterocycles. The van der Waals surface area contributed by atoms with Crippen molar-refractivity contribution in [3.63, 3.8) is 0 Å². The first-order chi connectivity index (χ1) is 8.67. The number of hydrogen-bond acceptors (Lipinski definition) is 3. The van der Waals surface area contributed by atoms with Crippen LogP contribution >= 0.6 is 0 Å². The molecule has 0 saturated heterocycles. The van der Waals surface area contributed by atoms with Crippen LogP contribution in [0.3, 0.4) is 0 Å². The second kappa shape index (κ2) is 7.48. The van der Waals surface area contributed by atoms with Crippen LogP contribution in [0.1, 0.15) is 18.9 Å². The molecule has 4 nitrogen and oxygen atoms in total. The zero-order valence-electron chi connectivity index (χ0n) is 10.9. The number of ether oxygens (including phenoxy) is 1. The predicted molar refractivity (Wildman–Crippen MR) is 69.0 cm³/mol. The number of benzene rings is 1. The molecule has 0 saturated carbocycles. The van der Waals surface area contributed by atoms with Crippen LogP contribution in [-0.2, 0) is 20.7 Å². The minimum absolute atomic E-state index is 0.0215. The smallest absolute Gasteiger partial charge is 0.325 e. The Morgan fingerprint density at radius 2 is 1.89 bits per heavy atom. The van der Waals surface area contributed by atoms with Gasteiger partial charge in [0, 0.05) is 13.0 Å². The molecule has 0 bridgehead atoms. The van der Waals surface area contributed by atoms with E-state index in [1.165, 1.54) is 12.0 Å². The number of hydrogen-bond donors (Lipinski definition) is 0. The summed E-state index contributed by atoms with van der Waals surface area (Å²) in [6.45, 7) is 2.40. The van der Waals surface area contributed by atoms with E-state index in [2.05, 4.69) is 4.74 Å². The second-order valence-corrected chi connectivity index (χ2v) is 3.97. The Bertz CT molecular complexity index is 389. The SMILES string of the molecule is CCN(CC(=O)OC)C(=O)CCc1ccccc1. The Morgan fingerprint density at radius 1 is 1.22 bits per heavy atom. The van der Waals surface area contributed by atoms with Crippen molar-refractivity contribution in [1.29, 1.82) is 0 Å². The number of methoxy groups -OCH3 is 1. The van der Waals surface area contributed by atoms with E-state index in [1.54, 1.807) is 0 Å². The molecule has 0 radical (unpaired) electrons. The highest BCUT2D eigenvalue weighted by molar-refractivity contribution is 5.82. The molecule has 0 fully saturated rings. The summed E-state index contributed by atoms with van der Waals surface area (Å²) in [4.78, 5) is 24.6. The van der Waals surface area contributed by atoms with Gasteiger partial charge >= 0.3 is 5.97 Å². The maximum atomic E-state index is 11.9.